The van der Waals surface area contributed by atoms with Gasteiger partial charge in [0.1, 0.15) is 0 Å². The van der Waals surface area contributed by atoms with Gasteiger partial charge in [-0.1, -0.05) is 26.0 Å². The lowest BCUT2D eigenvalue weighted by molar-refractivity contribution is -0.117. The number of benzene rings is 2. The lowest BCUT2D eigenvalue weighted by Gasteiger charge is -2.16. The Kier molecular flexibility index (Phi) is 4.65. The molecule has 4 nitrogen and oxygen atoms in total. The number of amides is 2. The average molecular weight is 322 g/mol. The molecule has 1 aliphatic heterocycles. The molecule has 124 valence electrons. The molecule has 0 saturated carbocycles. The van der Waals surface area contributed by atoms with Gasteiger partial charge in [-0.05, 0) is 54.3 Å². The number of hydrogen-bond acceptors (Lipinski definition) is 2. The van der Waals surface area contributed by atoms with E-state index in [1.54, 1.807) is 17.0 Å². The zero-order chi connectivity index (χ0) is 17.1. The molecule has 2 amide bonds. The first-order valence-electron chi connectivity index (χ1n) is 8.36. The summed E-state index contributed by atoms with van der Waals surface area (Å²) in [5.74, 6) is 0.423. The molecular formula is C20H22N2O2. The molecule has 4 heteroatoms. The fraction of sp³-hybridized carbons (Fsp3) is 0.300. The minimum absolute atomic E-state index is 0.143. The summed E-state index contributed by atoms with van der Waals surface area (Å²) in [5, 5.41) is 2.93. The fourth-order valence-electron chi connectivity index (χ4n) is 2.89. The SMILES string of the molecule is CC(C)c1cccc(NC(=O)c2ccc(N3CCCC3=O)cc2)c1. The molecule has 24 heavy (non-hydrogen) atoms. The van der Waals surface area contributed by atoms with Crippen molar-refractivity contribution < 1.29 is 9.59 Å². The van der Waals surface area contributed by atoms with Gasteiger partial charge in [0.15, 0.2) is 0 Å². The third-order valence-corrected chi connectivity index (χ3v) is 4.33. The first kappa shape index (κ1) is 16.2. The molecule has 0 bridgehead atoms. The van der Waals surface area contributed by atoms with Crippen LogP contribution < -0.4 is 10.2 Å². The van der Waals surface area contributed by atoms with Crippen LogP contribution in [0, 0.1) is 0 Å². The van der Waals surface area contributed by atoms with Gasteiger partial charge in [-0.25, -0.2) is 0 Å². The molecule has 0 radical (unpaired) electrons. The van der Waals surface area contributed by atoms with Crippen LogP contribution in [0.25, 0.3) is 0 Å². The van der Waals surface area contributed by atoms with Crippen LogP contribution in [0.3, 0.4) is 0 Å². The van der Waals surface area contributed by atoms with E-state index in [2.05, 4.69) is 25.2 Å². The second-order valence-electron chi connectivity index (χ2n) is 6.43. The number of nitrogens with one attached hydrogen (secondary N) is 1. The highest BCUT2D eigenvalue weighted by Crippen LogP contribution is 2.22. The average Bonchev–Trinajstić information content (AvgIpc) is 3.01. The van der Waals surface area contributed by atoms with Crippen molar-refractivity contribution in [3.05, 3.63) is 59.7 Å². The molecule has 1 saturated heterocycles. The predicted molar refractivity (Wildman–Crippen MR) is 96.5 cm³/mol. The fourth-order valence-corrected chi connectivity index (χ4v) is 2.89. The van der Waals surface area contributed by atoms with E-state index >= 15 is 0 Å². The summed E-state index contributed by atoms with van der Waals surface area (Å²) >= 11 is 0. The Morgan fingerprint density at radius 1 is 1.12 bits per heavy atom. The van der Waals surface area contributed by atoms with E-state index in [4.69, 9.17) is 0 Å². The van der Waals surface area contributed by atoms with Gasteiger partial charge in [-0.2, -0.15) is 0 Å². The van der Waals surface area contributed by atoms with Crippen molar-refractivity contribution in [3.8, 4) is 0 Å². The molecular weight excluding hydrogens is 300 g/mol. The maximum absolute atomic E-state index is 12.4. The number of carbonyl (C=O) groups is 2. The third-order valence-electron chi connectivity index (χ3n) is 4.33. The van der Waals surface area contributed by atoms with Crippen LogP contribution in [0.5, 0.6) is 0 Å². The van der Waals surface area contributed by atoms with E-state index < -0.39 is 0 Å². The van der Waals surface area contributed by atoms with Gasteiger partial charge in [-0.15, -0.1) is 0 Å². The maximum Gasteiger partial charge on any atom is 0.255 e. The Labute approximate surface area is 142 Å². The maximum atomic E-state index is 12.4. The van der Waals surface area contributed by atoms with Crippen molar-refractivity contribution in [3.63, 3.8) is 0 Å². The van der Waals surface area contributed by atoms with Gasteiger partial charge in [0.05, 0.1) is 0 Å². The third kappa shape index (κ3) is 3.48. The molecule has 2 aromatic rings. The number of nitrogens with zero attached hydrogens (tertiary/aromatic N) is 1. The standard InChI is InChI=1S/C20H22N2O2/c1-14(2)16-5-3-6-17(13-16)21-20(24)15-8-10-18(11-9-15)22-12-4-7-19(22)23/h3,5-6,8-11,13-14H,4,7,12H2,1-2H3,(H,21,24). The van der Waals surface area contributed by atoms with Crippen LogP contribution in [0.15, 0.2) is 48.5 Å². The van der Waals surface area contributed by atoms with Crippen LogP contribution in [0.2, 0.25) is 0 Å². The molecule has 0 atom stereocenters. The Hall–Kier alpha value is -2.62. The van der Waals surface area contributed by atoms with Gasteiger partial charge in [0.2, 0.25) is 5.91 Å². The lowest BCUT2D eigenvalue weighted by atomic mass is 10.0. The number of rotatable bonds is 4. The Balaban J connectivity index is 1.71. The van der Waals surface area contributed by atoms with E-state index in [1.807, 2.05) is 30.3 Å². The molecule has 3 rings (SSSR count). The number of hydrogen-bond donors (Lipinski definition) is 1. The van der Waals surface area contributed by atoms with Gasteiger partial charge in [0.25, 0.3) is 5.91 Å². The normalized spacial score (nSPS) is 14.3. The second kappa shape index (κ2) is 6.87. The Bertz CT molecular complexity index is 750. The summed E-state index contributed by atoms with van der Waals surface area (Å²) in [5.41, 5.74) is 3.43. The highest BCUT2D eigenvalue weighted by Gasteiger charge is 2.21. The molecule has 1 N–H and O–H groups in total. The van der Waals surface area contributed by atoms with Gasteiger partial charge < -0.3 is 10.2 Å². The highest BCUT2D eigenvalue weighted by atomic mass is 16.2. The molecule has 2 aromatic carbocycles. The molecule has 1 heterocycles. The first-order valence-corrected chi connectivity index (χ1v) is 8.36. The van der Waals surface area contributed by atoms with Crippen LogP contribution in [-0.4, -0.2) is 18.4 Å². The van der Waals surface area contributed by atoms with E-state index in [0.29, 0.717) is 17.9 Å². The van der Waals surface area contributed by atoms with Crippen LogP contribution in [-0.2, 0) is 4.79 Å². The summed E-state index contributed by atoms with van der Waals surface area (Å²) in [6.07, 6.45) is 1.50. The zero-order valence-electron chi connectivity index (χ0n) is 14.1. The summed E-state index contributed by atoms with van der Waals surface area (Å²) < 4.78 is 0. The van der Waals surface area contributed by atoms with Crippen molar-refractivity contribution in [2.45, 2.75) is 32.6 Å². The van der Waals surface area contributed by atoms with Gasteiger partial charge in [-0.3, -0.25) is 9.59 Å². The second-order valence-corrected chi connectivity index (χ2v) is 6.43. The van der Waals surface area contributed by atoms with Crippen LogP contribution in [0.4, 0.5) is 11.4 Å². The Morgan fingerprint density at radius 3 is 2.50 bits per heavy atom. The van der Waals surface area contributed by atoms with Crippen LogP contribution >= 0.6 is 0 Å². The lowest BCUT2D eigenvalue weighted by Crippen LogP contribution is -2.23. The highest BCUT2D eigenvalue weighted by molar-refractivity contribution is 6.05. The summed E-state index contributed by atoms with van der Waals surface area (Å²) in [6.45, 7) is 5.00. The van der Waals surface area contributed by atoms with E-state index in [1.165, 1.54) is 5.56 Å². The van der Waals surface area contributed by atoms with E-state index in [9.17, 15) is 9.59 Å². The van der Waals surface area contributed by atoms with Gasteiger partial charge in [0, 0.05) is 29.9 Å². The molecule has 1 fully saturated rings. The van der Waals surface area contributed by atoms with Crippen molar-refractivity contribution in [2.24, 2.45) is 0 Å². The molecule has 0 unspecified atom stereocenters. The minimum atomic E-state index is -0.143. The topological polar surface area (TPSA) is 49.4 Å². The van der Waals surface area contributed by atoms with E-state index in [0.717, 1.165) is 24.3 Å². The van der Waals surface area contributed by atoms with Crippen molar-refractivity contribution >= 4 is 23.2 Å². The summed E-state index contributed by atoms with van der Waals surface area (Å²) in [7, 11) is 0. The molecule has 1 aliphatic rings. The van der Waals surface area contributed by atoms with E-state index in [-0.39, 0.29) is 11.8 Å². The monoisotopic (exact) mass is 322 g/mol. The quantitative estimate of drug-likeness (QED) is 0.917. The first-order chi connectivity index (χ1) is 11.5. The van der Waals surface area contributed by atoms with Crippen molar-refractivity contribution in [1.29, 1.82) is 0 Å². The predicted octanol–water partition coefficient (Wildman–Crippen LogP) is 4.19. The molecule has 0 aliphatic carbocycles. The smallest absolute Gasteiger partial charge is 0.255 e. The van der Waals surface area contributed by atoms with Gasteiger partial charge >= 0.3 is 0 Å². The largest absolute Gasteiger partial charge is 0.322 e. The van der Waals surface area contributed by atoms with Crippen molar-refractivity contribution in [2.75, 3.05) is 16.8 Å². The number of anilines is 2. The number of carbonyl (C=O) groups excluding carboxylic acids is 2. The molecule has 0 spiro atoms. The summed E-state index contributed by atoms with van der Waals surface area (Å²) in [4.78, 5) is 25.9. The summed E-state index contributed by atoms with van der Waals surface area (Å²) in [6, 6.07) is 15.1. The Morgan fingerprint density at radius 2 is 1.88 bits per heavy atom. The van der Waals surface area contributed by atoms with Crippen molar-refractivity contribution in [1.82, 2.24) is 0 Å². The zero-order valence-corrected chi connectivity index (χ0v) is 14.1. The minimum Gasteiger partial charge on any atom is -0.322 e. The van der Waals surface area contributed by atoms with Crippen LogP contribution in [0.1, 0.15) is 48.5 Å². The molecule has 0 aromatic heterocycles.